The quantitative estimate of drug-likeness (QED) is 0.640. The van der Waals surface area contributed by atoms with Crippen molar-refractivity contribution in [1.82, 2.24) is 0 Å². The molecule has 2 aromatic carbocycles. The summed E-state index contributed by atoms with van der Waals surface area (Å²) in [5.74, 6) is -5.68. The van der Waals surface area contributed by atoms with E-state index >= 15 is 0 Å². The van der Waals surface area contributed by atoms with Crippen LogP contribution in [-0.2, 0) is 0 Å². The highest BCUT2D eigenvalue weighted by Crippen LogP contribution is 2.40. The third-order valence-corrected chi connectivity index (χ3v) is 2.70. The Kier molecular flexibility index (Phi) is 5.79. The average molecular weight is 337 g/mol. The maximum Gasteiger partial charge on any atom is 0.456 e. The van der Waals surface area contributed by atoms with E-state index in [9.17, 15) is 26.3 Å². The standard InChI is InChI=1S/C12H10.C3H3F6NO/c1-3-7-11(8-4-1)12-9-5-2-6-10-12;4-1(11,2(5,6)7)3(8,9)10/h1-10H;11H,10H2. The molecule has 0 saturated carbocycles. The van der Waals surface area contributed by atoms with Crippen LogP contribution in [0.4, 0.5) is 26.3 Å². The minimum absolute atomic E-state index is 1.28. The van der Waals surface area contributed by atoms with Crippen LogP contribution in [0, 0.1) is 0 Å². The second-order valence-corrected chi connectivity index (χ2v) is 4.47. The van der Waals surface area contributed by atoms with Crippen LogP contribution >= 0.6 is 0 Å². The van der Waals surface area contributed by atoms with Gasteiger partial charge < -0.3 is 5.11 Å². The lowest BCUT2D eigenvalue weighted by Crippen LogP contribution is -2.60. The Morgan fingerprint density at radius 2 is 0.957 bits per heavy atom. The molecule has 0 bridgehead atoms. The summed E-state index contributed by atoms with van der Waals surface area (Å²) < 4.78 is 68.0. The fourth-order valence-electron chi connectivity index (χ4n) is 1.45. The Hall–Kier alpha value is -2.06. The van der Waals surface area contributed by atoms with Crippen molar-refractivity contribution in [1.29, 1.82) is 0 Å². The predicted octanol–water partition coefficient (Wildman–Crippen LogP) is 4.11. The summed E-state index contributed by atoms with van der Waals surface area (Å²) in [6.07, 6.45) is -6.11. The Bertz CT molecular complexity index is 539. The van der Waals surface area contributed by atoms with Crippen molar-refractivity contribution in [2.24, 2.45) is 5.73 Å². The summed E-state index contributed by atoms with van der Waals surface area (Å²) in [5.41, 5.74) is 5.97. The molecular formula is C15H13F6NO. The summed E-state index contributed by atoms with van der Waals surface area (Å²) in [7, 11) is 0. The van der Waals surface area contributed by atoms with Gasteiger partial charge in [0.25, 0.3) is 0 Å². The van der Waals surface area contributed by atoms with Crippen molar-refractivity contribution in [3.8, 4) is 11.1 Å². The molecule has 0 saturated heterocycles. The molecule has 8 heteroatoms. The van der Waals surface area contributed by atoms with Gasteiger partial charge in [-0.05, 0) is 11.1 Å². The molecule has 2 nitrogen and oxygen atoms in total. The Labute approximate surface area is 128 Å². The summed E-state index contributed by atoms with van der Waals surface area (Å²) in [5, 5.41) is 7.52. The summed E-state index contributed by atoms with van der Waals surface area (Å²) in [6.45, 7) is 0. The number of hydrogen-bond donors (Lipinski definition) is 2. The average Bonchev–Trinajstić information content (AvgIpc) is 2.47. The van der Waals surface area contributed by atoms with Crippen molar-refractivity contribution in [2.75, 3.05) is 0 Å². The monoisotopic (exact) mass is 337 g/mol. The molecular weight excluding hydrogens is 324 g/mol. The lowest BCUT2D eigenvalue weighted by atomic mass is 10.1. The molecule has 0 fully saturated rings. The number of hydrogen-bond acceptors (Lipinski definition) is 2. The first-order valence-corrected chi connectivity index (χ1v) is 6.22. The van der Waals surface area contributed by atoms with Crippen molar-refractivity contribution in [3.63, 3.8) is 0 Å². The molecule has 3 N–H and O–H groups in total. The molecule has 2 aromatic rings. The van der Waals surface area contributed by atoms with E-state index in [2.05, 4.69) is 54.3 Å². The van der Waals surface area contributed by atoms with Gasteiger partial charge in [-0.25, -0.2) is 0 Å². The number of rotatable bonds is 2. The normalized spacial score (nSPS) is 14.4. The second kappa shape index (κ2) is 7.01. The van der Waals surface area contributed by atoms with Crippen LogP contribution in [0.2, 0.25) is 0 Å². The molecule has 0 heterocycles. The molecule has 0 aliphatic heterocycles. The Balaban J connectivity index is 0.000000232. The Morgan fingerprint density at radius 1 is 0.652 bits per heavy atom. The molecule has 0 amide bonds. The topological polar surface area (TPSA) is 46.2 Å². The largest absolute Gasteiger partial charge is 0.456 e. The van der Waals surface area contributed by atoms with E-state index in [1.807, 2.05) is 12.1 Å². The number of halogens is 6. The minimum Gasteiger partial charge on any atom is -0.349 e. The van der Waals surface area contributed by atoms with Gasteiger partial charge in [0, 0.05) is 0 Å². The van der Waals surface area contributed by atoms with Gasteiger partial charge in [-0.3, -0.25) is 5.73 Å². The number of alkyl halides is 6. The van der Waals surface area contributed by atoms with Gasteiger partial charge in [0.05, 0.1) is 0 Å². The smallest absolute Gasteiger partial charge is 0.349 e. The van der Waals surface area contributed by atoms with Gasteiger partial charge in [-0.1, -0.05) is 60.7 Å². The fourth-order valence-corrected chi connectivity index (χ4v) is 1.45. The molecule has 2 rings (SSSR count). The maximum atomic E-state index is 11.7. The second-order valence-electron chi connectivity index (χ2n) is 4.47. The van der Waals surface area contributed by atoms with Crippen molar-refractivity contribution in [2.45, 2.75) is 18.1 Å². The highest BCUT2D eigenvalue weighted by molar-refractivity contribution is 5.62. The van der Waals surface area contributed by atoms with Crippen LogP contribution in [0.1, 0.15) is 0 Å². The zero-order chi connectivity index (χ0) is 17.7. The number of aliphatic hydroxyl groups is 1. The zero-order valence-corrected chi connectivity index (χ0v) is 11.6. The fraction of sp³-hybridized carbons (Fsp3) is 0.200. The van der Waals surface area contributed by atoms with E-state index < -0.39 is 18.1 Å². The highest BCUT2D eigenvalue weighted by atomic mass is 19.4. The first kappa shape index (κ1) is 19.0. The minimum atomic E-state index is -6.11. The Morgan fingerprint density at radius 3 is 1.13 bits per heavy atom. The number of benzene rings is 2. The van der Waals surface area contributed by atoms with Gasteiger partial charge in [-0.15, -0.1) is 0 Å². The third kappa shape index (κ3) is 4.97. The van der Waals surface area contributed by atoms with Crippen molar-refractivity contribution < 1.29 is 31.4 Å². The zero-order valence-electron chi connectivity index (χ0n) is 11.6. The van der Waals surface area contributed by atoms with E-state index in [-0.39, 0.29) is 0 Å². The van der Waals surface area contributed by atoms with Gasteiger partial charge >= 0.3 is 18.1 Å². The molecule has 1 atom stereocenters. The lowest BCUT2D eigenvalue weighted by Gasteiger charge is -2.26. The molecule has 0 aliphatic carbocycles. The van der Waals surface area contributed by atoms with Crippen LogP contribution in [-0.4, -0.2) is 23.2 Å². The summed E-state index contributed by atoms with van der Waals surface area (Å²) >= 11 is 0. The van der Waals surface area contributed by atoms with Gasteiger partial charge in [0.1, 0.15) is 0 Å². The lowest BCUT2D eigenvalue weighted by molar-refractivity contribution is -0.384. The first-order chi connectivity index (χ1) is 10.5. The molecule has 23 heavy (non-hydrogen) atoms. The summed E-state index contributed by atoms with van der Waals surface area (Å²) in [6, 6.07) is 15.4. The van der Waals surface area contributed by atoms with Crippen LogP contribution in [0.3, 0.4) is 0 Å². The SMILES string of the molecule is NC(F)(F)C(O)(F)C(F)(F)F.c1ccc(-c2ccccc2)cc1. The van der Waals surface area contributed by atoms with E-state index in [0.29, 0.717) is 0 Å². The molecule has 0 radical (unpaired) electrons. The van der Waals surface area contributed by atoms with Gasteiger partial charge in [0.15, 0.2) is 0 Å². The van der Waals surface area contributed by atoms with E-state index in [4.69, 9.17) is 5.11 Å². The van der Waals surface area contributed by atoms with Crippen LogP contribution < -0.4 is 5.73 Å². The van der Waals surface area contributed by atoms with Crippen LogP contribution in [0.5, 0.6) is 0 Å². The maximum absolute atomic E-state index is 11.7. The van der Waals surface area contributed by atoms with Gasteiger partial charge in [-0.2, -0.15) is 26.3 Å². The van der Waals surface area contributed by atoms with Crippen LogP contribution in [0.15, 0.2) is 60.7 Å². The first-order valence-electron chi connectivity index (χ1n) is 6.22. The number of nitrogens with two attached hydrogens (primary N) is 1. The molecule has 0 spiro atoms. The van der Waals surface area contributed by atoms with Crippen molar-refractivity contribution >= 4 is 0 Å². The molecule has 126 valence electrons. The third-order valence-electron chi connectivity index (χ3n) is 2.70. The molecule has 0 aliphatic rings. The van der Waals surface area contributed by atoms with Gasteiger partial charge in [0.2, 0.25) is 0 Å². The van der Waals surface area contributed by atoms with E-state index in [0.717, 1.165) is 0 Å². The van der Waals surface area contributed by atoms with Crippen molar-refractivity contribution in [3.05, 3.63) is 60.7 Å². The molecule has 1 unspecified atom stereocenters. The highest BCUT2D eigenvalue weighted by Gasteiger charge is 2.69. The summed E-state index contributed by atoms with van der Waals surface area (Å²) in [4.78, 5) is 0. The van der Waals surface area contributed by atoms with E-state index in [1.54, 1.807) is 0 Å². The van der Waals surface area contributed by atoms with Crippen LogP contribution in [0.25, 0.3) is 11.1 Å². The van der Waals surface area contributed by atoms with E-state index in [1.165, 1.54) is 11.1 Å². The molecule has 0 aromatic heterocycles. The predicted molar refractivity (Wildman–Crippen MR) is 73.1 cm³/mol.